The van der Waals surface area contributed by atoms with Gasteiger partial charge in [0.2, 0.25) is 0 Å². The Kier molecular flexibility index (Phi) is 5.22. The molecule has 2 N–H and O–H groups in total. The standard InChI is InChI=1S/C16H25BrN2S/c1-15(2)12-19(8-9-20-15)16(3,11-18)10-13-4-6-14(17)7-5-13/h4-7H,8-12,18H2,1-3H3. The SMILES string of the molecule is CC1(C)CN(C(C)(CN)Cc2ccc(Br)cc2)CCS1. The quantitative estimate of drug-likeness (QED) is 0.894. The highest BCUT2D eigenvalue weighted by molar-refractivity contribution is 9.10. The summed E-state index contributed by atoms with van der Waals surface area (Å²) in [5, 5.41) is 0. The highest BCUT2D eigenvalue weighted by atomic mass is 79.9. The van der Waals surface area contributed by atoms with Gasteiger partial charge >= 0.3 is 0 Å². The second-order valence-electron chi connectivity index (χ2n) is 6.53. The molecule has 1 saturated heterocycles. The molecule has 1 fully saturated rings. The van der Waals surface area contributed by atoms with Crippen molar-refractivity contribution in [3.8, 4) is 0 Å². The third-order valence-electron chi connectivity index (χ3n) is 4.13. The van der Waals surface area contributed by atoms with Crippen LogP contribution in [0.3, 0.4) is 0 Å². The summed E-state index contributed by atoms with van der Waals surface area (Å²) in [6.07, 6.45) is 1.01. The molecule has 4 heteroatoms. The molecule has 2 nitrogen and oxygen atoms in total. The predicted octanol–water partition coefficient (Wildman–Crippen LogP) is 3.54. The number of thioether (sulfide) groups is 1. The summed E-state index contributed by atoms with van der Waals surface area (Å²) in [5.41, 5.74) is 7.55. The summed E-state index contributed by atoms with van der Waals surface area (Å²) in [5.74, 6) is 1.20. The lowest BCUT2D eigenvalue weighted by Gasteiger charge is -2.47. The van der Waals surface area contributed by atoms with E-state index in [4.69, 9.17) is 5.73 Å². The highest BCUT2D eigenvalue weighted by Crippen LogP contribution is 2.34. The lowest BCUT2D eigenvalue weighted by atomic mass is 9.90. The first-order chi connectivity index (χ1) is 9.35. The Morgan fingerprint density at radius 2 is 2.00 bits per heavy atom. The number of hydrogen-bond donors (Lipinski definition) is 1. The lowest BCUT2D eigenvalue weighted by molar-refractivity contribution is 0.104. The predicted molar refractivity (Wildman–Crippen MR) is 93.4 cm³/mol. The molecule has 0 radical (unpaired) electrons. The molecule has 1 heterocycles. The number of rotatable bonds is 4. The minimum absolute atomic E-state index is 0.0477. The number of benzene rings is 1. The van der Waals surface area contributed by atoms with Crippen molar-refractivity contribution in [3.05, 3.63) is 34.3 Å². The van der Waals surface area contributed by atoms with Crippen LogP contribution in [0.1, 0.15) is 26.3 Å². The van der Waals surface area contributed by atoms with Gasteiger partial charge in [-0.15, -0.1) is 0 Å². The lowest BCUT2D eigenvalue weighted by Crippen LogP contribution is -2.59. The third kappa shape index (κ3) is 4.00. The summed E-state index contributed by atoms with van der Waals surface area (Å²) in [6, 6.07) is 8.62. The van der Waals surface area contributed by atoms with Gasteiger partial charge in [0.05, 0.1) is 0 Å². The Balaban J connectivity index is 2.13. The molecule has 1 atom stereocenters. The normalized spacial score (nSPS) is 22.4. The van der Waals surface area contributed by atoms with Crippen molar-refractivity contribution in [1.82, 2.24) is 4.90 Å². The van der Waals surface area contributed by atoms with Crippen LogP contribution in [0, 0.1) is 0 Å². The van der Waals surface area contributed by atoms with E-state index in [1.807, 2.05) is 0 Å². The largest absolute Gasteiger partial charge is 0.329 e. The first-order valence-corrected chi connectivity index (χ1v) is 8.96. The molecular weight excluding hydrogens is 332 g/mol. The van der Waals surface area contributed by atoms with Crippen LogP contribution in [-0.4, -0.2) is 40.6 Å². The van der Waals surface area contributed by atoms with E-state index in [-0.39, 0.29) is 5.54 Å². The summed E-state index contributed by atoms with van der Waals surface area (Å²) in [7, 11) is 0. The molecule has 0 amide bonds. The highest BCUT2D eigenvalue weighted by Gasteiger charge is 2.37. The van der Waals surface area contributed by atoms with Gasteiger partial charge in [-0.3, -0.25) is 4.90 Å². The molecule has 20 heavy (non-hydrogen) atoms. The second-order valence-corrected chi connectivity index (χ2v) is 9.25. The molecule has 1 aliphatic heterocycles. The maximum Gasteiger partial charge on any atom is 0.0344 e. The van der Waals surface area contributed by atoms with Gasteiger partial charge in [-0.25, -0.2) is 0 Å². The average molecular weight is 357 g/mol. The summed E-state index contributed by atoms with van der Waals surface area (Å²) >= 11 is 5.57. The molecular formula is C16H25BrN2S. The molecule has 1 aromatic rings. The van der Waals surface area contributed by atoms with E-state index in [0.29, 0.717) is 11.3 Å². The van der Waals surface area contributed by atoms with E-state index in [1.54, 1.807) is 0 Å². The van der Waals surface area contributed by atoms with Crippen molar-refractivity contribution in [2.45, 2.75) is 37.5 Å². The average Bonchev–Trinajstić information content (AvgIpc) is 2.40. The fourth-order valence-electron chi connectivity index (χ4n) is 2.83. The van der Waals surface area contributed by atoms with Crippen molar-refractivity contribution in [3.63, 3.8) is 0 Å². The maximum absolute atomic E-state index is 6.15. The van der Waals surface area contributed by atoms with Gasteiger partial charge in [0.25, 0.3) is 0 Å². The van der Waals surface area contributed by atoms with Crippen LogP contribution in [0.5, 0.6) is 0 Å². The topological polar surface area (TPSA) is 29.3 Å². The minimum atomic E-state index is 0.0477. The molecule has 1 aliphatic rings. The summed E-state index contributed by atoms with van der Waals surface area (Å²) < 4.78 is 1.46. The van der Waals surface area contributed by atoms with Crippen molar-refractivity contribution < 1.29 is 0 Å². The Morgan fingerprint density at radius 1 is 1.35 bits per heavy atom. The summed E-state index contributed by atoms with van der Waals surface area (Å²) in [6.45, 7) is 9.92. The van der Waals surface area contributed by atoms with Crippen molar-refractivity contribution in [2.24, 2.45) is 5.73 Å². The fourth-order valence-corrected chi connectivity index (χ4v) is 4.21. The molecule has 1 aromatic carbocycles. The molecule has 1 unspecified atom stereocenters. The maximum atomic E-state index is 6.15. The van der Waals surface area contributed by atoms with Crippen LogP contribution < -0.4 is 5.73 Å². The van der Waals surface area contributed by atoms with Crippen LogP contribution >= 0.6 is 27.7 Å². The zero-order valence-electron chi connectivity index (χ0n) is 12.7. The monoisotopic (exact) mass is 356 g/mol. The van der Waals surface area contributed by atoms with Gasteiger partial charge in [0.15, 0.2) is 0 Å². The van der Waals surface area contributed by atoms with Gasteiger partial charge in [-0.2, -0.15) is 11.8 Å². The van der Waals surface area contributed by atoms with E-state index >= 15 is 0 Å². The van der Waals surface area contributed by atoms with Crippen LogP contribution in [0.25, 0.3) is 0 Å². The van der Waals surface area contributed by atoms with Gasteiger partial charge in [-0.1, -0.05) is 28.1 Å². The first-order valence-electron chi connectivity index (χ1n) is 7.18. The van der Waals surface area contributed by atoms with Crippen LogP contribution in [-0.2, 0) is 6.42 Å². The number of nitrogens with zero attached hydrogens (tertiary/aromatic N) is 1. The van der Waals surface area contributed by atoms with Gasteiger partial charge in [-0.05, 0) is 44.9 Å². The van der Waals surface area contributed by atoms with E-state index in [2.05, 4.69) is 77.6 Å². The van der Waals surface area contributed by atoms with Crippen molar-refractivity contribution >= 4 is 27.7 Å². The zero-order valence-corrected chi connectivity index (χ0v) is 15.1. The molecule has 0 aromatic heterocycles. The second kappa shape index (κ2) is 6.39. The van der Waals surface area contributed by atoms with Crippen LogP contribution in [0.2, 0.25) is 0 Å². The van der Waals surface area contributed by atoms with Gasteiger partial charge < -0.3 is 5.73 Å². The molecule has 0 saturated carbocycles. The summed E-state index contributed by atoms with van der Waals surface area (Å²) in [4.78, 5) is 2.59. The molecule has 0 spiro atoms. The molecule has 2 rings (SSSR count). The van der Waals surface area contributed by atoms with Gasteiger partial charge in [0, 0.05) is 40.1 Å². The van der Waals surface area contributed by atoms with E-state index in [9.17, 15) is 0 Å². The van der Waals surface area contributed by atoms with E-state index < -0.39 is 0 Å². The third-order valence-corrected chi connectivity index (χ3v) is 5.95. The Hall–Kier alpha value is -0.0300. The van der Waals surface area contributed by atoms with E-state index in [0.717, 1.165) is 24.0 Å². The smallest absolute Gasteiger partial charge is 0.0344 e. The Morgan fingerprint density at radius 3 is 2.55 bits per heavy atom. The first kappa shape index (κ1) is 16.3. The molecule has 0 bridgehead atoms. The van der Waals surface area contributed by atoms with Crippen molar-refractivity contribution in [1.29, 1.82) is 0 Å². The number of halogens is 1. The zero-order chi connectivity index (χ0) is 14.8. The fraction of sp³-hybridized carbons (Fsp3) is 0.625. The van der Waals surface area contributed by atoms with E-state index in [1.165, 1.54) is 11.3 Å². The number of nitrogens with two attached hydrogens (primary N) is 1. The molecule has 0 aliphatic carbocycles. The Labute approximate surface area is 135 Å². The minimum Gasteiger partial charge on any atom is -0.329 e. The van der Waals surface area contributed by atoms with Crippen LogP contribution in [0.15, 0.2) is 28.7 Å². The number of hydrogen-bond acceptors (Lipinski definition) is 3. The molecule has 112 valence electrons. The Bertz CT molecular complexity index is 446. The van der Waals surface area contributed by atoms with Gasteiger partial charge in [0.1, 0.15) is 0 Å². The van der Waals surface area contributed by atoms with Crippen LogP contribution in [0.4, 0.5) is 0 Å². The van der Waals surface area contributed by atoms with Crippen molar-refractivity contribution in [2.75, 3.05) is 25.4 Å².